The molecule has 5 nitrogen and oxygen atoms in total. The Morgan fingerprint density at radius 1 is 1.16 bits per heavy atom. The Balaban J connectivity index is 1.61. The van der Waals surface area contributed by atoms with E-state index >= 15 is 0 Å². The second kappa shape index (κ2) is 4.76. The average Bonchev–Trinajstić information content (AvgIpc) is 3.10. The number of carbonyl (C=O) groups is 2. The second-order valence-electron chi connectivity index (χ2n) is 8.70. The van der Waals surface area contributed by atoms with Crippen LogP contribution in [0.15, 0.2) is 23.3 Å². The van der Waals surface area contributed by atoms with Gasteiger partial charge in [0.05, 0.1) is 17.8 Å². The molecule has 0 amide bonds. The number of hydrogen-bond acceptors (Lipinski definition) is 5. The first-order chi connectivity index (χ1) is 11.9. The van der Waals surface area contributed by atoms with E-state index in [1.807, 2.05) is 6.08 Å². The number of carbonyl (C=O) groups excluding carboxylic acids is 2. The Morgan fingerprint density at radius 2 is 1.96 bits per heavy atom. The van der Waals surface area contributed by atoms with Gasteiger partial charge in [-0.2, -0.15) is 0 Å². The van der Waals surface area contributed by atoms with Crippen LogP contribution in [0.25, 0.3) is 0 Å². The number of ether oxygens (including phenoxy) is 3. The van der Waals surface area contributed by atoms with Gasteiger partial charge in [0.1, 0.15) is 12.7 Å². The maximum atomic E-state index is 12.5. The zero-order chi connectivity index (χ0) is 17.6. The fraction of sp³-hybridized carbons (Fsp3) is 0.700. The van der Waals surface area contributed by atoms with Crippen molar-refractivity contribution in [3.63, 3.8) is 0 Å². The molecule has 5 rings (SSSR count). The molecule has 25 heavy (non-hydrogen) atoms. The number of hydrogen-bond donors (Lipinski definition) is 0. The molecule has 0 unspecified atom stereocenters. The van der Waals surface area contributed by atoms with Crippen LogP contribution in [-0.4, -0.2) is 36.9 Å². The topological polar surface area (TPSA) is 61.8 Å². The highest BCUT2D eigenvalue weighted by Gasteiger charge is 2.70. The standard InChI is InChI=1S/C20H24O5/c1-10-15-16-20(3)12(18(22)25-16)5-4-6-14(20)19(10,2)9-13(24-15)11-7-8-23-17(11)21/h5,7,10,13-16H,4,6,8-9H2,1-3H3/t10-,13-,14+,15+,16+,19-,20-/m0/s1. The highest BCUT2D eigenvalue weighted by Crippen LogP contribution is 2.67. The fourth-order valence-corrected chi connectivity index (χ4v) is 6.41. The fourth-order valence-electron chi connectivity index (χ4n) is 6.41. The highest BCUT2D eigenvalue weighted by molar-refractivity contribution is 5.93. The summed E-state index contributed by atoms with van der Waals surface area (Å²) in [6, 6.07) is 0. The summed E-state index contributed by atoms with van der Waals surface area (Å²) in [7, 11) is 0. The molecule has 2 saturated heterocycles. The third-order valence-electron chi connectivity index (χ3n) is 7.83. The normalized spacial score (nSPS) is 50.6. The van der Waals surface area contributed by atoms with Gasteiger partial charge in [-0.3, -0.25) is 0 Å². The Labute approximate surface area is 147 Å². The second-order valence-corrected chi connectivity index (χ2v) is 8.70. The molecule has 7 atom stereocenters. The Kier molecular flexibility index (Phi) is 2.97. The molecule has 2 bridgehead atoms. The lowest BCUT2D eigenvalue weighted by atomic mass is 9.44. The Morgan fingerprint density at radius 3 is 2.68 bits per heavy atom. The number of rotatable bonds is 1. The molecule has 0 radical (unpaired) electrons. The molecule has 3 heterocycles. The van der Waals surface area contributed by atoms with E-state index in [2.05, 4.69) is 26.8 Å². The molecule has 0 N–H and O–H groups in total. The summed E-state index contributed by atoms with van der Waals surface area (Å²) in [5.41, 5.74) is 1.20. The van der Waals surface area contributed by atoms with Crippen molar-refractivity contribution in [2.24, 2.45) is 22.7 Å². The van der Waals surface area contributed by atoms with Gasteiger partial charge in [-0.15, -0.1) is 0 Å². The molecule has 0 aromatic carbocycles. The van der Waals surface area contributed by atoms with Crippen LogP contribution in [-0.2, 0) is 23.8 Å². The minimum atomic E-state index is -0.281. The van der Waals surface area contributed by atoms with Gasteiger partial charge in [-0.25, -0.2) is 9.59 Å². The van der Waals surface area contributed by atoms with Crippen molar-refractivity contribution in [2.45, 2.75) is 58.3 Å². The molecular formula is C20H24O5. The molecule has 5 heteroatoms. The molecule has 0 aromatic rings. The first kappa shape index (κ1) is 15.6. The predicted octanol–water partition coefficient (Wildman–Crippen LogP) is 2.55. The maximum Gasteiger partial charge on any atom is 0.336 e. The van der Waals surface area contributed by atoms with Crippen molar-refractivity contribution in [1.29, 1.82) is 0 Å². The Bertz CT molecular complexity index is 736. The summed E-state index contributed by atoms with van der Waals surface area (Å²) in [5.74, 6) is 0.180. The van der Waals surface area contributed by atoms with Crippen LogP contribution < -0.4 is 0 Å². The summed E-state index contributed by atoms with van der Waals surface area (Å²) in [5, 5.41) is 0. The molecule has 0 spiro atoms. The van der Waals surface area contributed by atoms with E-state index in [4.69, 9.17) is 14.2 Å². The lowest BCUT2D eigenvalue weighted by molar-refractivity contribution is -0.248. The summed E-state index contributed by atoms with van der Waals surface area (Å²) in [6.45, 7) is 7.05. The van der Waals surface area contributed by atoms with Crippen molar-refractivity contribution >= 4 is 11.9 Å². The first-order valence-electron chi connectivity index (χ1n) is 9.31. The number of cyclic esters (lactones) is 1. The van der Waals surface area contributed by atoms with Crippen molar-refractivity contribution in [2.75, 3.05) is 6.61 Å². The molecule has 0 aromatic heterocycles. The zero-order valence-electron chi connectivity index (χ0n) is 14.9. The van der Waals surface area contributed by atoms with Crippen LogP contribution in [0.1, 0.15) is 40.0 Å². The largest absolute Gasteiger partial charge is 0.458 e. The molecule has 5 aliphatic rings. The predicted molar refractivity (Wildman–Crippen MR) is 88.4 cm³/mol. The van der Waals surface area contributed by atoms with Crippen molar-refractivity contribution < 1.29 is 23.8 Å². The van der Waals surface area contributed by atoms with Crippen molar-refractivity contribution in [3.05, 3.63) is 23.3 Å². The molecule has 1 saturated carbocycles. The Hall–Kier alpha value is -1.62. The molecular weight excluding hydrogens is 320 g/mol. The smallest absolute Gasteiger partial charge is 0.336 e. The third-order valence-corrected chi connectivity index (χ3v) is 7.83. The number of esters is 2. The van der Waals surface area contributed by atoms with Gasteiger partial charge in [0.2, 0.25) is 0 Å². The van der Waals surface area contributed by atoms with Crippen LogP contribution in [0.5, 0.6) is 0 Å². The van der Waals surface area contributed by atoms with E-state index in [1.54, 1.807) is 0 Å². The summed E-state index contributed by atoms with van der Waals surface area (Å²) < 4.78 is 17.4. The first-order valence-corrected chi connectivity index (χ1v) is 9.31. The van der Waals surface area contributed by atoms with E-state index in [0.717, 1.165) is 24.8 Å². The van der Waals surface area contributed by atoms with Crippen molar-refractivity contribution in [1.82, 2.24) is 0 Å². The van der Waals surface area contributed by atoms with E-state index in [9.17, 15) is 9.59 Å². The highest BCUT2D eigenvalue weighted by atomic mass is 16.6. The van der Waals surface area contributed by atoms with E-state index in [1.165, 1.54) is 0 Å². The van der Waals surface area contributed by atoms with Gasteiger partial charge < -0.3 is 14.2 Å². The minimum Gasteiger partial charge on any atom is -0.458 e. The lowest BCUT2D eigenvalue weighted by Gasteiger charge is -2.63. The number of fused-ring (bicyclic) bond motifs is 4. The molecule has 3 aliphatic heterocycles. The molecule has 134 valence electrons. The minimum absolute atomic E-state index is 0.00394. The summed E-state index contributed by atoms with van der Waals surface area (Å²) in [6.07, 6.45) is 5.96. The van der Waals surface area contributed by atoms with Crippen LogP contribution in [0.3, 0.4) is 0 Å². The van der Waals surface area contributed by atoms with Gasteiger partial charge in [-0.1, -0.05) is 26.8 Å². The van der Waals surface area contributed by atoms with E-state index < -0.39 is 0 Å². The zero-order valence-corrected chi connectivity index (χ0v) is 14.9. The summed E-state index contributed by atoms with van der Waals surface area (Å²) in [4.78, 5) is 24.6. The SMILES string of the molecule is C[C@H]1[C@H]2O[C@H](C3=CCOC3=O)C[C@]1(C)[C@H]1CCC=C3C(=O)O[C@H]2[C@@]31C. The van der Waals surface area contributed by atoms with Crippen LogP contribution in [0.4, 0.5) is 0 Å². The monoisotopic (exact) mass is 344 g/mol. The molecule has 2 aliphatic carbocycles. The summed E-state index contributed by atoms with van der Waals surface area (Å²) >= 11 is 0. The number of allylic oxidation sites excluding steroid dienone is 1. The van der Waals surface area contributed by atoms with Gasteiger partial charge in [-0.05, 0) is 42.6 Å². The van der Waals surface area contributed by atoms with E-state index in [0.29, 0.717) is 18.1 Å². The van der Waals surface area contributed by atoms with Crippen LogP contribution >= 0.6 is 0 Å². The van der Waals surface area contributed by atoms with Crippen molar-refractivity contribution in [3.8, 4) is 0 Å². The lowest BCUT2D eigenvalue weighted by Crippen LogP contribution is -2.66. The van der Waals surface area contributed by atoms with Crippen LogP contribution in [0.2, 0.25) is 0 Å². The van der Waals surface area contributed by atoms with Gasteiger partial charge in [0.25, 0.3) is 0 Å². The van der Waals surface area contributed by atoms with Gasteiger partial charge in [0.15, 0.2) is 0 Å². The van der Waals surface area contributed by atoms with E-state index in [-0.39, 0.29) is 47.0 Å². The average molecular weight is 344 g/mol. The quantitative estimate of drug-likeness (QED) is 0.684. The van der Waals surface area contributed by atoms with Gasteiger partial charge >= 0.3 is 11.9 Å². The van der Waals surface area contributed by atoms with Gasteiger partial charge in [0, 0.05) is 11.0 Å². The molecule has 3 fully saturated rings. The van der Waals surface area contributed by atoms with Crippen LogP contribution in [0, 0.1) is 22.7 Å². The third kappa shape index (κ3) is 1.73. The maximum absolute atomic E-state index is 12.5.